The van der Waals surface area contributed by atoms with Crippen LogP contribution < -0.4 is 15.0 Å². The quantitative estimate of drug-likeness (QED) is 0.531. The maximum absolute atomic E-state index is 14.4. The molecule has 0 spiro atoms. The van der Waals surface area contributed by atoms with Crippen LogP contribution in [0.4, 0.5) is 15.8 Å². The molecule has 7 nitrogen and oxygen atoms in total. The van der Waals surface area contributed by atoms with Gasteiger partial charge in [0, 0.05) is 37.4 Å². The third kappa shape index (κ3) is 3.15. The predicted octanol–water partition coefficient (Wildman–Crippen LogP) is 4.18. The Bertz CT molecular complexity index is 1280. The van der Waals surface area contributed by atoms with Crippen molar-refractivity contribution in [2.75, 3.05) is 30.4 Å². The smallest absolute Gasteiger partial charge is 0.274 e. The van der Waals surface area contributed by atoms with E-state index in [1.807, 2.05) is 6.07 Å². The summed E-state index contributed by atoms with van der Waals surface area (Å²) in [6.07, 6.45) is 4.02. The number of ether oxygens (including phenoxy) is 1. The largest absolute Gasteiger partial charge is 0.473 e. The first kappa shape index (κ1) is 18.8. The summed E-state index contributed by atoms with van der Waals surface area (Å²) in [6, 6.07) is 6.74. The van der Waals surface area contributed by atoms with Gasteiger partial charge < -0.3 is 15.0 Å². The number of hydrogen-bond donors (Lipinski definition) is 1. The van der Waals surface area contributed by atoms with Gasteiger partial charge in [0.15, 0.2) is 5.82 Å². The van der Waals surface area contributed by atoms with Gasteiger partial charge in [-0.3, -0.25) is 9.48 Å². The van der Waals surface area contributed by atoms with E-state index in [4.69, 9.17) is 4.74 Å². The molecule has 0 atom stereocenters. The van der Waals surface area contributed by atoms with Gasteiger partial charge >= 0.3 is 0 Å². The van der Waals surface area contributed by atoms with Gasteiger partial charge in [0.05, 0.1) is 23.1 Å². The number of thiazole rings is 1. The molecule has 1 N–H and O–H groups in total. The highest BCUT2D eigenvalue weighted by Gasteiger charge is 2.22. The predicted molar refractivity (Wildman–Crippen MR) is 116 cm³/mol. The van der Waals surface area contributed by atoms with Crippen LogP contribution in [0.5, 0.6) is 5.19 Å². The molecule has 0 unspecified atom stereocenters. The van der Waals surface area contributed by atoms with E-state index in [2.05, 4.69) is 20.3 Å². The molecule has 0 radical (unpaired) electrons. The van der Waals surface area contributed by atoms with Crippen molar-refractivity contribution in [1.82, 2.24) is 14.8 Å². The summed E-state index contributed by atoms with van der Waals surface area (Å²) in [7, 11) is 3.30. The number of halogens is 1. The second kappa shape index (κ2) is 7.24. The average Bonchev–Trinajstić information content (AvgIpc) is 3.46. The van der Waals surface area contributed by atoms with Gasteiger partial charge in [-0.25, -0.2) is 9.37 Å². The summed E-state index contributed by atoms with van der Waals surface area (Å²) >= 11 is 1.43. The van der Waals surface area contributed by atoms with Crippen LogP contribution in [0.25, 0.3) is 21.1 Å². The Morgan fingerprint density at radius 2 is 2.03 bits per heavy atom. The minimum atomic E-state index is -0.478. The fourth-order valence-corrected chi connectivity index (χ4v) is 4.88. The SMILES string of the molecule is COc1nc2c(C(=O)Nc3cc(F)c4nn(C)cc4c3)ccc(N3CCCC3)c2s1. The molecule has 0 bridgehead atoms. The van der Waals surface area contributed by atoms with E-state index in [1.165, 1.54) is 17.4 Å². The van der Waals surface area contributed by atoms with Gasteiger partial charge in [-0.2, -0.15) is 5.10 Å². The monoisotopic (exact) mass is 425 g/mol. The summed E-state index contributed by atoms with van der Waals surface area (Å²) in [5, 5.41) is 8.03. The maximum Gasteiger partial charge on any atom is 0.274 e. The van der Waals surface area contributed by atoms with Gasteiger partial charge in [0.25, 0.3) is 11.1 Å². The van der Waals surface area contributed by atoms with Crippen molar-refractivity contribution >= 4 is 49.7 Å². The standard InChI is InChI=1S/C21H20FN5O2S/c1-26-11-12-9-13(10-15(22)17(12)25-26)23-20(28)14-5-6-16(27-7-3-4-8-27)19-18(14)24-21(29-2)30-19/h5-6,9-11H,3-4,7-8H2,1-2H3,(H,23,28). The molecule has 1 fully saturated rings. The summed E-state index contributed by atoms with van der Waals surface area (Å²) in [6.45, 7) is 1.98. The topological polar surface area (TPSA) is 72.3 Å². The average molecular weight is 425 g/mol. The maximum atomic E-state index is 14.4. The van der Waals surface area contributed by atoms with Crippen LogP contribution in [-0.4, -0.2) is 40.9 Å². The number of fused-ring (bicyclic) bond motifs is 2. The molecule has 3 heterocycles. The molecular weight excluding hydrogens is 405 g/mol. The Hall–Kier alpha value is -3.20. The zero-order valence-electron chi connectivity index (χ0n) is 16.6. The molecule has 1 aliphatic rings. The number of nitrogens with zero attached hydrogens (tertiary/aromatic N) is 4. The summed E-state index contributed by atoms with van der Waals surface area (Å²) in [5.74, 6) is -0.822. The fourth-order valence-electron chi connectivity index (χ4n) is 3.93. The number of carbonyl (C=O) groups excluding carboxylic acids is 1. The van der Waals surface area contributed by atoms with Gasteiger partial charge in [0.1, 0.15) is 11.0 Å². The second-order valence-electron chi connectivity index (χ2n) is 7.34. The van der Waals surface area contributed by atoms with Crippen molar-refractivity contribution in [2.24, 2.45) is 7.05 Å². The lowest BCUT2D eigenvalue weighted by Crippen LogP contribution is -2.18. The van der Waals surface area contributed by atoms with Crippen LogP contribution in [0, 0.1) is 5.82 Å². The number of amides is 1. The summed E-state index contributed by atoms with van der Waals surface area (Å²) < 4.78 is 22.2. The number of benzene rings is 2. The molecule has 4 aromatic rings. The molecule has 1 amide bonds. The highest BCUT2D eigenvalue weighted by Crippen LogP contribution is 2.38. The van der Waals surface area contributed by atoms with Crippen LogP contribution in [-0.2, 0) is 7.05 Å². The number of anilines is 2. The Morgan fingerprint density at radius 3 is 2.80 bits per heavy atom. The van der Waals surface area contributed by atoms with Crippen molar-refractivity contribution < 1.29 is 13.9 Å². The molecule has 2 aromatic carbocycles. The lowest BCUT2D eigenvalue weighted by Gasteiger charge is -2.18. The number of carbonyl (C=O) groups is 1. The second-order valence-corrected chi connectivity index (χ2v) is 8.30. The number of hydrogen-bond acceptors (Lipinski definition) is 6. The van der Waals surface area contributed by atoms with Crippen molar-refractivity contribution in [3.8, 4) is 5.19 Å². The van der Waals surface area contributed by atoms with E-state index < -0.39 is 5.82 Å². The van der Waals surface area contributed by atoms with Gasteiger partial charge in [-0.1, -0.05) is 11.3 Å². The van der Waals surface area contributed by atoms with E-state index in [0.29, 0.717) is 27.3 Å². The lowest BCUT2D eigenvalue weighted by molar-refractivity contribution is 0.102. The molecule has 5 rings (SSSR count). The molecule has 30 heavy (non-hydrogen) atoms. The molecule has 1 saturated heterocycles. The third-order valence-electron chi connectivity index (χ3n) is 5.30. The molecule has 2 aromatic heterocycles. The zero-order valence-corrected chi connectivity index (χ0v) is 17.4. The van der Waals surface area contributed by atoms with Gasteiger partial charge in [-0.15, -0.1) is 0 Å². The minimum Gasteiger partial charge on any atom is -0.473 e. The molecule has 0 aliphatic carbocycles. The zero-order chi connectivity index (χ0) is 20.8. The van der Waals surface area contributed by atoms with Crippen molar-refractivity contribution in [3.05, 3.63) is 41.8 Å². The fraction of sp³-hybridized carbons (Fsp3) is 0.286. The Balaban J connectivity index is 1.53. The normalized spacial score (nSPS) is 14.0. The highest BCUT2D eigenvalue weighted by molar-refractivity contribution is 7.21. The van der Waals surface area contributed by atoms with E-state index in [1.54, 1.807) is 37.2 Å². The summed E-state index contributed by atoms with van der Waals surface area (Å²) in [5.41, 5.74) is 2.75. The minimum absolute atomic E-state index is 0.275. The van der Waals surface area contributed by atoms with Crippen LogP contribution >= 0.6 is 11.3 Å². The van der Waals surface area contributed by atoms with Crippen molar-refractivity contribution in [3.63, 3.8) is 0 Å². The van der Waals surface area contributed by atoms with Crippen molar-refractivity contribution in [1.29, 1.82) is 0 Å². The van der Waals surface area contributed by atoms with E-state index in [9.17, 15) is 9.18 Å². The number of nitrogens with one attached hydrogen (secondary N) is 1. The van der Waals surface area contributed by atoms with Crippen LogP contribution in [0.2, 0.25) is 0 Å². The Kier molecular flexibility index (Phi) is 4.54. The first-order valence-corrected chi connectivity index (χ1v) is 10.5. The van der Waals surface area contributed by atoms with Crippen LogP contribution in [0.3, 0.4) is 0 Å². The van der Waals surface area contributed by atoms with Crippen molar-refractivity contribution in [2.45, 2.75) is 12.8 Å². The van der Waals surface area contributed by atoms with Gasteiger partial charge in [0.2, 0.25) is 0 Å². The Labute approximate surface area is 176 Å². The molecule has 1 aliphatic heterocycles. The van der Waals surface area contributed by atoms with E-state index >= 15 is 0 Å². The molecule has 154 valence electrons. The van der Waals surface area contributed by atoms with E-state index in [0.717, 1.165) is 36.3 Å². The molecule has 0 saturated carbocycles. The number of aryl methyl sites for hydroxylation is 1. The summed E-state index contributed by atoms with van der Waals surface area (Å²) in [4.78, 5) is 19.9. The van der Waals surface area contributed by atoms with Crippen LogP contribution in [0.15, 0.2) is 30.5 Å². The molecular formula is C21H20FN5O2S. The third-order valence-corrected chi connectivity index (χ3v) is 6.34. The molecule has 9 heteroatoms. The van der Waals surface area contributed by atoms with Gasteiger partial charge in [-0.05, 0) is 37.1 Å². The highest BCUT2D eigenvalue weighted by atomic mass is 32.1. The lowest BCUT2D eigenvalue weighted by atomic mass is 10.1. The first-order valence-electron chi connectivity index (χ1n) is 9.70. The van der Waals surface area contributed by atoms with Crippen LogP contribution in [0.1, 0.15) is 23.2 Å². The number of rotatable bonds is 4. The van der Waals surface area contributed by atoms with E-state index in [-0.39, 0.29) is 11.4 Å². The Morgan fingerprint density at radius 1 is 1.23 bits per heavy atom. The number of methoxy groups -OCH3 is 1. The number of aromatic nitrogens is 3. The first-order chi connectivity index (χ1) is 14.5.